The topological polar surface area (TPSA) is 175 Å². The van der Waals surface area contributed by atoms with E-state index in [0.717, 1.165) is 109 Å². The van der Waals surface area contributed by atoms with Gasteiger partial charge in [0.2, 0.25) is 0 Å². The summed E-state index contributed by atoms with van der Waals surface area (Å²) in [5.74, 6) is -3.14. The highest BCUT2D eigenvalue weighted by Gasteiger charge is 2.50. The van der Waals surface area contributed by atoms with E-state index < -0.39 is 67.3 Å². The molecule has 0 aliphatic carbocycles. The second kappa shape index (κ2) is 55.0. The number of esters is 3. The molecule has 1 saturated heterocycles. The third kappa shape index (κ3) is 44.7. The van der Waals surface area contributed by atoms with E-state index in [1.165, 1.54) is 122 Å². The smallest absolute Gasteiger partial charge is 0.335 e. The Morgan fingerprint density at radius 3 is 1.24 bits per heavy atom. The Bertz CT molecular complexity index is 1600. The lowest BCUT2D eigenvalue weighted by atomic mass is 9.98. The highest BCUT2D eigenvalue weighted by molar-refractivity contribution is 5.74. The van der Waals surface area contributed by atoms with Gasteiger partial charge in [-0.25, -0.2) is 4.79 Å². The van der Waals surface area contributed by atoms with E-state index in [1.54, 1.807) is 0 Å². The van der Waals surface area contributed by atoms with Crippen LogP contribution in [0.25, 0.3) is 0 Å². The highest BCUT2D eigenvalue weighted by atomic mass is 16.7. The number of carbonyl (C=O) groups excluding carboxylic acids is 3. The zero-order valence-electron chi connectivity index (χ0n) is 50.4. The van der Waals surface area contributed by atoms with Crippen molar-refractivity contribution >= 4 is 23.9 Å². The number of allylic oxidation sites excluding steroid dienone is 10. The number of unbranched alkanes of at least 4 members (excludes halogenated alkanes) is 31. The summed E-state index contributed by atoms with van der Waals surface area (Å²) in [6.45, 7) is 5.87. The average Bonchev–Trinajstić information content (AvgIpc) is 3.46. The van der Waals surface area contributed by atoms with Crippen LogP contribution in [0, 0.1) is 0 Å². The fraction of sp³-hybridized carbons (Fsp3) is 0.791. The van der Waals surface area contributed by atoms with Crippen molar-refractivity contribution < 1.29 is 58.2 Å². The van der Waals surface area contributed by atoms with Crippen molar-refractivity contribution in [2.75, 3.05) is 13.2 Å². The number of rotatable bonds is 55. The van der Waals surface area contributed by atoms with Gasteiger partial charge in [-0.15, -0.1) is 0 Å². The second-order valence-corrected chi connectivity index (χ2v) is 22.0. The van der Waals surface area contributed by atoms with Gasteiger partial charge >= 0.3 is 23.9 Å². The summed E-state index contributed by atoms with van der Waals surface area (Å²) in [5.41, 5.74) is 0. The molecule has 12 heteroatoms. The number of ether oxygens (including phenoxy) is 5. The molecule has 6 atom stereocenters. The van der Waals surface area contributed by atoms with Crippen LogP contribution in [0.4, 0.5) is 0 Å². The number of aliphatic hydroxyl groups is 2. The first-order valence-corrected chi connectivity index (χ1v) is 32.3. The molecule has 79 heavy (non-hydrogen) atoms. The van der Waals surface area contributed by atoms with Gasteiger partial charge in [0.25, 0.3) is 0 Å². The Balaban J connectivity index is 2.66. The summed E-state index contributed by atoms with van der Waals surface area (Å²) in [6, 6.07) is 0. The lowest BCUT2D eigenvalue weighted by Gasteiger charge is -2.40. The van der Waals surface area contributed by atoms with E-state index in [4.69, 9.17) is 23.7 Å². The van der Waals surface area contributed by atoms with Crippen LogP contribution in [0.15, 0.2) is 60.8 Å². The zero-order valence-corrected chi connectivity index (χ0v) is 50.4. The molecular weight excluding hydrogens is 997 g/mol. The van der Waals surface area contributed by atoms with Crippen LogP contribution in [0.1, 0.15) is 290 Å². The normalized spacial score (nSPS) is 18.2. The van der Waals surface area contributed by atoms with Gasteiger partial charge in [-0.2, -0.15) is 0 Å². The van der Waals surface area contributed by atoms with E-state index >= 15 is 0 Å². The quantitative estimate of drug-likeness (QED) is 0.0228. The standard InChI is InChI=1S/C67H116O12/c1-4-7-10-13-16-19-22-25-27-29-30-32-33-36-38-41-44-47-50-53-59(68)75-56-58(77-60(69)54-51-48-45-42-40-37-34-31-28-26-23-20-17-14-11-8-5-2)57-76-67-65(63(72)62(71)64(79-67)66(73)74)78-61(70)55-52-49-46-43-39-35-24-21-18-15-12-9-6-3/h8,11,17,20-21,24,26,28,34,37,58,62-65,67,71-72H,4-7,9-10,12-16,18-19,22-23,25,27,29-33,35-36,38-57H2,1-3H3,(H,73,74)/b11-8-,20-17-,24-21-,28-26-,37-34-. The molecule has 0 spiro atoms. The number of carboxylic acid groups (broad SMARTS) is 1. The summed E-state index contributed by atoms with van der Waals surface area (Å²) >= 11 is 0. The van der Waals surface area contributed by atoms with Gasteiger partial charge in [0.15, 0.2) is 24.6 Å². The van der Waals surface area contributed by atoms with Gasteiger partial charge in [0.05, 0.1) is 6.61 Å². The van der Waals surface area contributed by atoms with Crippen molar-refractivity contribution in [3.05, 3.63) is 60.8 Å². The zero-order chi connectivity index (χ0) is 57.5. The van der Waals surface area contributed by atoms with E-state index in [2.05, 4.69) is 81.5 Å². The molecule has 0 radical (unpaired) electrons. The van der Waals surface area contributed by atoms with Crippen molar-refractivity contribution in [3.8, 4) is 0 Å². The lowest BCUT2D eigenvalue weighted by molar-refractivity contribution is -0.301. The highest BCUT2D eigenvalue weighted by Crippen LogP contribution is 2.27. The SMILES string of the molecule is CC/C=C\C/C=C\C/C=C\C/C=C\CCCCCCC(=O)OC(COC(=O)CCCCCCCCCCCCCCCCCCCCC)COC1OC(C(=O)O)C(O)C(O)C1OC(=O)CCCCCCC/C=C\CCCCCC. The van der Waals surface area contributed by atoms with Crippen molar-refractivity contribution in [1.29, 1.82) is 0 Å². The molecule has 456 valence electrons. The molecule has 0 aromatic carbocycles. The van der Waals surface area contributed by atoms with Crippen LogP contribution < -0.4 is 0 Å². The van der Waals surface area contributed by atoms with Gasteiger partial charge in [0, 0.05) is 19.3 Å². The Labute approximate surface area is 481 Å². The van der Waals surface area contributed by atoms with Crippen LogP contribution in [-0.2, 0) is 42.9 Å². The van der Waals surface area contributed by atoms with Gasteiger partial charge < -0.3 is 39.0 Å². The van der Waals surface area contributed by atoms with Gasteiger partial charge in [-0.1, -0.05) is 248 Å². The number of hydrogen-bond acceptors (Lipinski definition) is 11. The van der Waals surface area contributed by atoms with E-state index in [1.807, 2.05) is 0 Å². The second-order valence-electron chi connectivity index (χ2n) is 22.0. The molecule has 0 saturated carbocycles. The molecule has 1 rings (SSSR count). The van der Waals surface area contributed by atoms with Gasteiger partial charge in [-0.05, 0) is 83.5 Å². The number of aliphatic carboxylic acids is 1. The molecule has 0 amide bonds. The Morgan fingerprint density at radius 2 is 0.797 bits per heavy atom. The molecular formula is C67H116O12. The molecule has 0 bridgehead atoms. The maximum absolute atomic E-state index is 13.2. The van der Waals surface area contributed by atoms with Crippen molar-refractivity contribution in [3.63, 3.8) is 0 Å². The van der Waals surface area contributed by atoms with E-state index in [9.17, 15) is 34.5 Å². The first-order chi connectivity index (χ1) is 38.6. The van der Waals surface area contributed by atoms with Crippen LogP contribution in [-0.4, -0.2) is 89.2 Å². The van der Waals surface area contributed by atoms with Crippen molar-refractivity contribution in [2.24, 2.45) is 0 Å². The predicted molar refractivity (Wildman–Crippen MR) is 322 cm³/mol. The molecule has 1 aliphatic heterocycles. The predicted octanol–water partition coefficient (Wildman–Crippen LogP) is 17.1. The monoisotopic (exact) mass is 1110 g/mol. The first-order valence-electron chi connectivity index (χ1n) is 32.3. The Kier molecular flexibility index (Phi) is 51.1. The summed E-state index contributed by atoms with van der Waals surface area (Å²) in [7, 11) is 0. The lowest BCUT2D eigenvalue weighted by Crippen LogP contribution is -2.61. The summed E-state index contributed by atoms with van der Waals surface area (Å²) in [6.07, 6.45) is 56.1. The minimum Gasteiger partial charge on any atom is -0.479 e. The largest absolute Gasteiger partial charge is 0.479 e. The number of hydrogen-bond donors (Lipinski definition) is 3. The fourth-order valence-electron chi connectivity index (χ4n) is 9.65. The number of carboxylic acids is 1. The van der Waals surface area contributed by atoms with Crippen LogP contribution in [0.5, 0.6) is 0 Å². The molecule has 12 nitrogen and oxygen atoms in total. The van der Waals surface area contributed by atoms with Crippen molar-refractivity contribution in [1.82, 2.24) is 0 Å². The van der Waals surface area contributed by atoms with Crippen LogP contribution in [0.3, 0.4) is 0 Å². The number of aliphatic hydroxyl groups excluding tert-OH is 2. The van der Waals surface area contributed by atoms with Crippen molar-refractivity contribution in [2.45, 2.75) is 327 Å². The molecule has 0 aromatic rings. The average molecular weight is 1110 g/mol. The molecule has 1 aliphatic rings. The van der Waals surface area contributed by atoms with Crippen LogP contribution >= 0.6 is 0 Å². The molecule has 1 fully saturated rings. The third-order valence-corrected chi connectivity index (χ3v) is 14.6. The minimum absolute atomic E-state index is 0.0478. The molecule has 6 unspecified atom stereocenters. The number of carbonyl (C=O) groups is 4. The molecule has 3 N–H and O–H groups in total. The minimum atomic E-state index is -1.91. The molecule has 0 aromatic heterocycles. The Hall–Kier alpha value is -3.58. The third-order valence-electron chi connectivity index (χ3n) is 14.6. The Morgan fingerprint density at radius 1 is 0.430 bits per heavy atom. The summed E-state index contributed by atoms with van der Waals surface area (Å²) in [5, 5.41) is 31.5. The van der Waals surface area contributed by atoms with Crippen LogP contribution in [0.2, 0.25) is 0 Å². The first kappa shape index (κ1) is 73.4. The maximum atomic E-state index is 13.2. The van der Waals surface area contributed by atoms with Gasteiger partial charge in [-0.3, -0.25) is 14.4 Å². The summed E-state index contributed by atoms with van der Waals surface area (Å²) < 4.78 is 28.5. The fourth-order valence-corrected chi connectivity index (χ4v) is 9.65. The maximum Gasteiger partial charge on any atom is 0.335 e. The molecule has 1 heterocycles. The van der Waals surface area contributed by atoms with E-state index in [-0.39, 0.29) is 25.9 Å². The summed E-state index contributed by atoms with van der Waals surface area (Å²) in [4.78, 5) is 51.3. The van der Waals surface area contributed by atoms with E-state index in [0.29, 0.717) is 19.3 Å². The van der Waals surface area contributed by atoms with Gasteiger partial charge in [0.1, 0.15) is 18.8 Å².